The molecule has 1 aromatic rings. The highest BCUT2D eigenvalue weighted by Gasteiger charge is 2.26. The van der Waals surface area contributed by atoms with Gasteiger partial charge in [-0.3, -0.25) is 9.97 Å². The van der Waals surface area contributed by atoms with Gasteiger partial charge in [0.1, 0.15) is 0 Å². The standard InChI is InChI=1S/C11H17N3O/c1-15-11-4-2-3-10(11)14-8-9-7-12-5-6-13-9/h5-7,10-11,14H,2-4,8H2,1H3. The van der Waals surface area contributed by atoms with Gasteiger partial charge in [0.05, 0.1) is 11.8 Å². The maximum atomic E-state index is 5.41. The first-order chi connectivity index (χ1) is 7.40. The quantitative estimate of drug-likeness (QED) is 0.804. The number of rotatable bonds is 4. The zero-order valence-electron chi connectivity index (χ0n) is 9.02. The molecule has 0 radical (unpaired) electrons. The first-order valence-corrected chi connectivity index (χ1v) is 5.41. The summed E-state index contributed by atoms with van der Waals surface area (Å²) in [6.45, 7) is 0.776. The molecule has 0 saturated heterocycles. The number of aromatic nitrogens is 2. The van der Waals surface area contributed by atoms with Crippen LogP contribution in [0.25, 0.3) is 0 Å². The highest BCUT2D eigenvalue weighted by molar-refractivity contribution is 4.95. The minimum Gasteiger partial charge on any atom is -0.380 e. The number of nitrogens with zero attached hydrogens (tertiary/aromatic N) is 2. The molecule has 0 bridgehead atoms. The van der Waals surface area contributed by atoms with Crippen molar-refractivity contribution < 1.29 is 4.74 Å². The highest BCUT2D eigenvalue weighted by Crippen LogP contribution is 2.21. The number of hydrogen-bond acceptors (Lipinski definition) is 4. The van der Waals surface area contributed by atoms with Crippen molar-refractivity contribution in [3.05, 3.63) is 24.3 Å². The van der Waals surface area contributed by atoms with Gasteiger partial charge in [-0.25, -0.2) is 0 Å². The van der Waals surface area contributed by atoms with E-state index in [1.807, 2.05) is 0 Å². The summed E-state index contributed by atoms with van der Waals surface area (Å²) in [7, 11) is 1.78. The lowest BCUT2D eigenvalue weighted by molar-refractivity contribution is 0.0846. The maximum absolute atomic E-state index is 5.41. The van der Waals surface area contributed by atoms with E-state index in [0.29, 0.717) is 12.1 Å². The molecule has 0 spiro atoms. The topological polar surface area (TPSA) is 47.0 Å². The summed E-state index contributed by atoms with van der Waals surface area (Å²) < 4.78 is 5.41. The number of ether oxygens (including phenoxy) is 1. The van der Waals surface area contributed by atoms with E-state index in [4.69, 9.17) is 4.74 Å². The molecule has 1 aliphatic carbocycles. The van der Waals surface area contributed by atoms with Crippen molar-refractivity contribution in [1.29, 1.82) is 0 Å². The monoisotopic (exact) mass is 207 g/mol. The molecule has 0 aliphatic heterocycles. The van der Waals surface area contributed by atoms with Gasteiger partial charge in [-0.05, 0) is 19.3 Å². The van der Waals surface area contributed by atoms with E-state index in [0.717, 1.165) is 18.7 Å². The Morgan fingerprint density at radius 2 is 2.40 bits per heavy atom. The summed E-state index contributed by atoms with van der Waals surface area (Å²) in [6, 6.07) is 0.469. The molecule has 1 N–H and O–H groups in total. The van der Waals surface area contributed by atoms with E-state index in [-0.39, 0.29) is 0 Å². The predicted octanol–water partition coefficient (Wildman–Crippen LogP) is 1.13. The van der Waals surface area contributed by atoms with E-state index >= 15 is 0 Å². The Bertz CT molecular complexity index is 291. The zero-order valence-corrected chi connectivity index (χ0v) is 9.02. The Hall–Kier alpha value is -1.00. The SMILES string of the molecule is COC1CCCC1NCc1cnccn1. The van der Waals surface area contributed by atoms with Crippen LogP contribution in [0.5, 0.6) is 0 Å². The molecule has 1 aliphatic rings. The van der Waals surface area contributed by atoms with Gasteiger partial charge in [0.25, 0.3) is 0 Å². The van der Waals surface area contributed by atoms with Crippen molar-refractivity contribution >= 4 is 0 Å². The summed E-state index contributed by atoms with van der Waals surface area (Å²) in [5, 5.41) is 3.47. The third kappa shape index (κ3) is 2.73. The van der Waals surface area contributed by atoms with Crippen LogP contribution in [0.3, 0.4) is 0 Å². The van der Waals surface area contributed by atoms with Crippen LogP contribution in [0.1, 0.15) is 25.0 Å². The van der Waals surface area contributed by atoms with Gasteiger partial charge < -0.3 is 10.1 Å². The first kappa shape index (κ1) is 10.5. The van der Waals surface area contributed by atoms with E-state index in [1.54, 1.807) is 25.7 Å². The zero-order chi connectivity index (χ0) is 10.5. The molecular weight excluding hydrogens is 190 g/mol. The molecule has 4 nitrogen and oxygen atoms in total. The first-order valence-electron chi connectivity index (χ1n) is 5.41. The lowest BCUT2D eigenvalue weighted by Crippen LogP contribution is -2.36. The van der Waals surface area contributed by atoms with Gasteiger partial charge in [0.2, 0.25) is 0 Å². The average molecular weight is 207 g/mol. The van der Waals surface area contributed by atoms with Gasteiger partial charge in [-0.1, -0.05) is 0 Å². The molecule has 1 aromatic heterocycles. The molecule has 15 heavy (non-hydrogen) atoms. The van der Waals surface area contributed by atoms with Crippen LogP contribution in [-0.4, -0.2) is 29.2 Å². The molecule has 1 fully saturated rings. The van der Waals surface area contributed by atoms with E-state index in [2.05, 4.69) is 15.3 Å². The molecule has 1 heterocycles. The summed E-state index contributed by atoms with van der Waals surface area (Å²) >= 11 is 0. The third-order valence-electron chi connectivity index (χ3n) is 2.92. The van der Waals surface area contributed by atoms with E-state index in [9.17, 15) is 0 Å². The fourth-order valence-corrected chi connectivity index (χ4v) is 2.10. The van der Waals surface area contributed by atoms with Gasteiger partial charge in [-0.15, -0.1) is 0 Å². The fourth-order valence-electron chi connectivity index (χ4n) is 2.10. The summed E-state index contributed by atoms with van der Waals surface area (Å²) in [5.41, 5.74) is 0.985. The van der Waals surface area contributed by atoms with E-state index < -0.39 is 0 Å². The average Bonchev–Trinajstić information content (AvgIpc) is 2.75. The lowest BCUT2D eigenvalue weighted by atomic mass is 10.2. The number of methoxy groups -OCH3 is 1. The van der Waals surface area contributed by atoms with Crippen LogP contribution in [0.15, 0.2) is 18.6 Å². The number of nitrogens with one attached hydrogen (secondary N) is 1. The van der Waals surface area contributed by atoms with Crippen LogP contribution >= 0.6 is 0 Å². The summed E-state index contributed by atoms with van der Waals surface area (Å²) in [5.74, 6) is 0. The normalized spacial score (nSPS) is 25.7. The van der Waals surface area contributed by atoms with Crippen molar-refractivity contribution in [2.24, 2.45) is 0 Å². The van der Waals surface area contributed by atoms with Crippen LogP contribution in [0.2, 0.25) is 0 Å². The van der Waals surface area contributed by atoms with Crippen molar-refractivity contribution in [1.82, 2.24) is 15.3 Å². The molecule has 4 heteroatoms. The Morgan fingerprint density at radius 3 is 3.13 bits per heavy atom. The Balaban J connectivity index is 1.83. The minimum atomic E-state index is 0.363. The Labute approximate surface area is 90.1 Å². The smallest absolute Gasteiger partial charge is 0.0724 e. The molecule has 82 valence electrons. The van der Waals surface area contributed by atoms with Crippen LogP contribution < -0.4 is 5.32 Å². The second-order valence-electron chi connectivity index (χ2n) is 3.89. The highest BCUT2D eigenvalue weighted by atomic mass is 16.5. The van der Waals surface area contributed by atoms with Crippen molar-refractivity contribution in [3.63, 3.8) is 0 Å². The van der Waals surface area contributed by atoms with Gasteiger partial charge in [0, 0.05) is 38.3 Å². The molecule has 2 atom stereocenters. The largest absolute Gasteiger partial charge is 0.380 e. The Morgan fingerprint density at radius 1 is 1.47 bits per heavy atom. The second kappa shape index (κ2) is 5.19. The molecule has 0 aromatic carbocycles. The summed E-state index contributed by atoms with van der Waals surface area (Å²) in [4.78, 5) is 8.26. The van der Waals surface area contributed by atoms with Crippen molar-refractivity contribution in [2.75, 3.05) is 7.11 Å². The molecule has 0 amide bonds. The molecule has 2 unspecified atom stereocenters. The second-order valence-corrected chi connectivity index (χ2v) is 3.89. The number of hydrogen-bond donors (Lipinski definition) is 1. The molecule has 1 saturated carbocycles. The molecule has 2 rings (SSSR count). The predicted molar refractivity (Wildman–Crippen MR) is 57.3 cm³/mol. The van der Waals surface area contributed by atoms with Crippen LogP contribution in [0, 0.1) is 0 Å². The lowest BCUT2D eigenvalue weighted by Gasteiger charge is -2.19. The van der Waals surface area contributed by atoms with E-state index in [1.165, 1.54) is 12.8 Å². The minimum absolute atomic E-state index is 0.363. The van der Waals surface area contributed by atoms with Gasteiger partial charge in [0.15, 0.2) is 0 Å². The molecular formula is C11H17N3O. The van der Waals surface area contributed by atoms with Crippen molar-refractivity contribution in [3.8, 4) is 0 Å². The van der Waals surface area contributed by atoms with Crippen molar-refractivity contribution in [2.45, 2.75) is 38.0 Å². The Kier molecular flexibility index (Phi) is 3.64. The summed E-state index contributed by atoms with van der Waals surface area (Å²) in [6.07, 6.45) is 9.17. The van der Waals surface area contributed by atoms with Gasteiger partial charge in [-0.2, -0.15) is 0 Å². The fraction of sp³-hybridized carbons (Fsp3) is 0.636. The third-order valence-corrected chi connectivity index (χ3v) is 2.92. The maximum Gasteiger partial charge on any atom is 0.0724 e. The van der Waals surface area contributed by atoms with Gasteiger partial charge >= 0.3 is 0 Å². The van der Waals surface area contributed by atoms with Crippen LogP contribution in [-0.2, 0) is 11.3 Å². The van der Waals surface area contributed by atoms with Crippen LogP contribution in [0.4, 0.5) is 0 Å².